The quantitative estimate of drug-likeness (QED) is 0.601. The van der Waals surface area contributed by atoms with Crippen molar-refractivity contribution >= 4 is 28.6 Å². The average molecular weight is 247 g/mol. The number of rotatable bonds is 3. The van der Waals surface area contributed by atoms with Crippen molar-refractivity contribution in [3.63, 3.8) is 0 Å². The first-order chi connectivity index (χ1) is 8.08. The second-order valence-corrected chi connectivity index (χ2v) is 5.00. The smallest absolute Gasteiger partial charge is 0.127 e. The zero-order valence-corrected chi connectivity index (χ0v) is 10.3. The average Bonchev–Trinajstić information content (AvgIpc) is 2.28. The molecule has 4 nitrogen and oxygen atoms in total. The number of carboxylic acid groups (broad SMARTS) is 1. The minimum absolute atomic E-state index is 0.632. The first-order valence-corrected chi connectivity index (χ1v) is 6.07. The van der Waals surface area contributed by atoms with Crippen LogP contribution in [0.15, 0.2) is 29.3 Å². The molecule has 1 atom stereocenters. The first kappa shape index (κ1) is 11.9. The summed E-state index contributed by atoms with van der Waals surface area (Å²) in [6.07, 6.45) is 0. The normalized spacial score (nSPS) is 12.6. The van der Waals surface area contributed by atoms with Gasteiger partial charge in [0.1, 0.15) is 10.9 Å². The van der Waals surface area contributed by atoms with Gasteiger partial charge in [0.25, 0.3) is 0 Å². The van der Waals surface area contributed by atoms with Gasteiger partial charge in [0, 0.05) is 10.6 Å². The fourth-order valence-electron chi connectivity index (χ4n) is 1.46. The maximum atomic E-state index is 10.7. The molecule has 88 valence electrons. The Bertz CT molecular complexity index is 571. The predicted molar refractivity (Wildman–Crippen MR) is 64.6 cm³/mol. The van der Waals surface area contributed by atoms with E-state index >= 15 is 0 Å². The molecule has 0 amide bonds. The molecule has 0 aliphatic heterocycles. The van der Waals surface area contributed by atoms with Gasteiger partial charge in [-0.05, 0) is 19.9 Å². The van der Waals surface area contributed by atoms with Gasteiger partial charge in [0.05, 0.1) is 11.5 Å². The molecule has 0 aliphatic carbocycles. The third kappa shape index (κ3) is 2.55. The van der Waals surface area contributed by atoms with Crippen LogP contribution in [-0.2, 0) is 4.79 Å². The van der Waals surface area contributed by atoms with Crippen LogP contribution in [0.2, 0.25) is 0 Å². The van der Waals surface area contributed by atoms with Gasteiger partial charge in [0.2, 0.25) is 0 Å². The third-order valence-electron chi connectivity index (χ3n) is 2.30. The van der Waals surface area contributed by atoms with E-state index in [1.165, 1.54) is 11.8 Å². The molecule has 2 aromatic rings. The van der Waals surface area contributed by atoms with Crippen LogP contribution < -0.4 is 5.11 Å². The van der Waals surface area contributed by atoms with Crippen LogP contribution in [0, 0.1) is 6.92 Å². The van der Waals surface area contributed by atoms with E-state index in [0.29, 0.717) is 10.9 Å². The van der Waals surface area contributed by atoms with Gasteiger partial charge in [-0.3, -0.25) is 0 Å². The summed E-state index contributed by atoms with van der Waals surface area (Å²) in [5, 5.41) is 11.7. The molecule has 0 radical (unpaired) electrons. The second-order valence-electron chi connectivity index (χ2n) is 3.67. The Kier molecular flexibility index (Phi) is 3.28. The van der Waals surface area contributed by atoms with Gasteiger partial charge in [-0.1, -0.05) is 30.0 Å². The molecule has 0 spiro atoms. The lowest BCUT2D eigenvalue weighted by Crippen LogP contribution is -2.31. The molecule has 17 heavy (non-hydrogen) atoms. The minimum atomic E-state index is -1.09. The van der Waals surface area contributed by atoms with Crippen molar-refractivity contribution in [1.82, 2.24) is 9.97 Å². The molecule has 0 aliphatic rings. The molecule has 1 aromatic heterocycles. The van der Waals surface area contributed by atoms with Crippen molar-refractivity contribution in [1.29, 1.82) is 0 Å². The van der Waals surface area contributed by atoms with Gasteiger partial charge < -0.3 is 9.90 Å². The van der Waals surface area contributed by atoms with E-state index < -0.39 is 11.2 Å². The molecule has 0 fully saturated rings. The molecular weight excluding hydrogens is 236 g/mol. The molecule has 5 heteroatoms. The van der Waals surface area contributed by atoms with Crippen LogP contribution in [-0.4, -0.2) is 21.2 Å². The SMILES string of the molecule is Cc1nc(S[C@H](C)C(=O)[O-])c2ccccc2n1. The van der Waals surface area contributed by atoms with Gasteiger partial charge in [-0.25, -0.2) is 9.97 Å². The van der Waals surface area contributed by atoms with E-state index in [1.54, 1.807) is 13.8 Å². The monoisotopic (exact) mass is 247 g/mol. The summed E-state index contributed by atoms with van der Waals surface area (Å²) < 4.78 is 0. The summed E-state index contributed by atoms with van der Waals surface area (Å²) in [6.45, 7) is 3.38. The summed E-state index contributed by atoms with van der Waals surface area (Å²) in [5.41, 5.74) is 0.827. The first-order valence-electron chi connectivity index (χ1n) is 5.19. The summed E-state index contributed by atoms with van der Waals surface area (Å²) in [5.74, 6) is -0.452. The molecule has 0 saturated carbocycles. The van der Waals surface area contributed by atoms with Crippen LogP contribution >= 0.6 is 11.8 Å². The number of carboxylic acids is 1. The van der Waals surface area contributed by atoms with Crippen LogP contribution in [0.4, 0.5) is 0 Å². The summed E-state index contributed by atoms with van der Waals surface area (Å²) in [4.78, 5) is 19.3. The minimum Gasteiger partial charge on any atom is -0.549 e. The highest BCUT2D eigenvalue weighted by Crippen LogP contribution is 2.28. The van der Waals surface area contributed by atoms with Gasteiger partial charge in [0.15, 0.2) is 0 Å². The predicted octanol–water partition coefficient (Wildman–Crippen LogP) is 1.17. The number of hydrogen-bond donors (Lipinski definition) is 0. The number of fused-ring (bicyclic) bond motifs is 1. The highest BCUT2D eigenvalue weighted by Gasteiger charge is 2.11. The van der Waals surface area contributed by atoms with Crippen molar-refractivity contribution in [3.05, 3.63) is 30.1 Å². The van der Waals surface area contributed by atoms with Crippen LogP contribution in [0.1, 0.15) is 12.7 Å². The molecule has 1 heterocycles. The Balaban J connectivity index is 2.49. The highest BCUT2D eigenvalue weighted by atomic mass is 32.2. The van der Waals surface area contributed by atoms with Crippen LogP contribution in [0.25, 0.3) is 10.9 Å². The zero-order valence-electron chi connectivity index (χ0n) is 9.51. The summed E-state index contributed by atoms with van der Waals surface area (Å²) in [6, 6.07) is 7.55. The fourth-order valence-corrected chi connectivity index (χ4v) is 2.38. The lowest BCUT2D eigenvalue weighted by atomic mass is 10.2. The molecule has 0 N–H and O–H groups in total. The zero-order chi connectivity index (χ0) is 12.4. The number of aryl methyl sites for hydroxylation is 1. The van der Waals surface area contributed by atoms with E-state index in [-0.39, 0.29) is 0 Å². The maximum absolute atomic E-state index is 10.7. The molecule has 1 aromatic carbocycles. The van der Waals surface area contributed by atoms with Gasteiger partial charge in [-0.15, -0.1) is 0 Å². The Hall–Kier alpha value is -1.62. The lowest BCUT2D eigenvalue weighted by Gasteiger charge is -2.13. The molecular formula is C12H11N2O2S-. The number of para-hydroxylation sites is 1. The number of carbonyl (C=O) groups is 1. The number of aromatic nitrogens is 2. The summed E-state index contributed by atoms with van der Waals surface area (Å²) >= 11 is 1.18. The van der Waals surface area contributed by atoms with E-state index in [4.69, 9.17) is 0 Å². The molecule has 2 rings (SSSR count). The third-order valence-corrected chi connectivity index (χ3v) is 3.38. The van der Waals surface area contributed by atoms with Crippen molar-refractivity contribution < 1.29 is 9.90 Å². The topological polar surface area (TPSA) is 65.9 Å². The number of nitrogens with zero attached hydrogens (tertiary/aromatic N) is 2. The van der Waals surface area contributed by atoms with Crippen molar-refractivity contribution in [3.8, 4) is 0 Å². The standard InChI is InChI=1S/C12H12N2O2S/c1-7(12(15)16)17-11-9-5-3-4-6-10(9)13-8(2)14-11/h3-7H,1-2H3,(H,15,16)/p-1/t7-/m1/s1. The lowest BCUT2D eigenvalue weighted by molar-refractivity contribution is -0.304. The van der Waals surface area contributed by atoms with E-state index in [0.717, 1.165) is 10.9 Å². The highest BCUT2D eigenvalue weighted by molar-refractivity contribution is 8.00. The Morgan fingerprint density at radius 1 is 1.35 bits per heavy atom. The molecule has 0 unspecified atom stereocenters. The number of aliphatic carboxylic acids is 1. The van der Waals surface area contributed by atoms with Crippen molar-refractivity contribution in [2.75, 3.05) is 0 Å². The van der Waals surface area contributed by atoms with E-state index in [9.17, 15) is 9.90 Å². The van der Waals surface area contributed by atoms with Crippen LogP contribution in [0.5, 0.6) is 0 Å². The maximum Gasteiger partial charge on any atom is 0.127 e. The van der Waals surface area contributed by atoms with Crippen molar-refractivity contribution in [2.24, 2.45) is 0 Å². The number of hydrogen-bond acceptors (Lipinski definition) is 5. The Labute approximate surface area is 103 Å². The number of benzene rings is 1. The fraction of sp³-hybridized carbons (Fsp3) is 0.250. The summed E-state index contributed by atoms with van der Waals surface area (Å²) in [7, 11) is 0. The van der Waals surface area contributed by atoms with E-state index in [2.05, 4.69) is 9.97 Å². The largest absolute Gasteiger partial charge is 0.549 e. The van der Waals surface area contributed by atoms with Crippen LogP contribution in [0.3, 0.4) is 0 Å². The van der Waals surface area contributed by atoms with Crippen molar-refractivity contribution in [2.45, 2.75) is 24.1 Å². The van der Waals surface area contributed by atoms with Gasteiger partial charge >= 0.3 is 0 Å². The molecule has 0 bridgehead atoms. The second kappa shape index (κ2) is 4.71. The molecule has 0 saturated heterocycles. The number of carbonyl (C=O) groups excluding carboxylic acids is 1. The van der Waals surface area contributed by atoms with E-state index in [1.807, 2.05) is 24.3 Å². The number of thioether (sulfide) groups is 1. The Morgan fingerprint density at radius 3 is 2.76 bits per heavy atom. The Morgan fingerprint density at radius 2 is 2.06 bits per heavy atom. The van der Waals surface area contributed by atoms with Gasteiger partial charge in [-0.2, -0.15) is 0 Å².